The van der Waals surface area contributed by atoms with Crippen molar-refractivity contribution < 1.29 is 9.59 Å². The zero-order valence-electron chi connectivity index (χ0n) is 10.7. The van der Waals surface area contributed by atoms with Crippen LogP contribution in [-0.2, 0) is 0 Å². The standard InChI is InChI=1S/C15H16O2S/c1-3-4-7-18-14-9-13(16)12-8-10(2)5-6-11(12)15(14)17/h5-6,8-9H,3-4,7H2,1-2H3. The lowest BCUT2D eigenvalue weighted by atomic mass is 9.93. The smallest absolute Gasteiger partial charge is 0.200 e. The Labute approximate surface area is 111 Å². The molecule has 0 aliphatic heterocycles. The topological polar surface area (TPSA) is 34.1 Å². The van der Waals surface area contributed by atoms with Crippen molar-refractivity contribution in [1.29, 1.82) is 0 Å². The van der Waals surface area contributed by atoms with Gasteiger partial charge in [0, 0.05) is 17.2 Å². The van der Waals surface area contributed by atoms with Gasteiger partial charge in [-0.2, -0.15) is 0 Å². The first kappa shape index (κ1) is 13.1. The molecule has 1 aliphatic carbocycles. The van der Waals surface area contributed by atoms with Crippen LogP contribution in [0.2, 0.25) is 0 Å². The second kappa shape index (κ2) is 5.53. The van der Waals surface area contributed by atoms with Crippen LogP contribution in [0.3, 0.4) is 0 Å². The fourth-order valence-corrected chi connectivity index (χ4v) is 2.97. The van der Waals surface area contributed by atoms with Crippen LogP contribution in [0.15, 0.2) is 29.2 Å². The molecule has 3 heteroatoms. The molecule has 0 spiro atoms. The molecular weight excluding hydrogens is 244 g/mol. The van der Waals surface area contributed by atoms with Crippen molar-refractivity contribution in [1.82, 2.24) is 0 Å². The maximum atomic E-state index is 12.2. The van der Waals surface area contributed by atoms with E-state index in [1.165, 1.54) is 17.8 Å². The van der Waals surface area contributed by atoms with Crippen LogP contribution in [-0.4, -0.2) is 17.3 Å². The van der Waals surface area contributed by atoms with Crippen LogP contribution in [0.25, 0.3) is 0 Å². The maximum Gasteiger partial charge on any atom is 0.200 e. The molecule has 1 aromatic rings. The van der Waals surface area contributed by atoms with Gasteiger partial charge in [-0.25, -0.2) is 0 Å². The quantitative estimate of drug-likeness (QED) is 0.772. The third-order valence-electron chi connectivity index (χ3n) is 2.93. The molecule has 1 aliphatic rings. The number of unbranched alkanes of at least 4 members (excludes halogenated alkanes) is 1. The molecule has 0 saturated carbocycles. The summed E-state index contributed by atoms with van der Waals surface area (Å²) in [5.41, 5.74) is 2.09. The molecule has 0 heterocycles. The van der Waals surface area contributed by atoms with Crippen LogP contribution in [0.5, 0.6) is 0 Å². The first-order chi connectivity index (χ1) is 8.63. The number of Topliss-reactive ketones (excluding diaryl/α,β-unsaturated/α-hetero) is 1. The number of aryl methyl sites for hydroxylation is 1. The molecule has 0 unspecified atom stereocenters. The van der Waals surface area contributed by atoms with E-state index in [4.69, 9.17) is 0 Å². The summed E-state index contributed by atoms with van der Waals surface area (Å²) in [5, 5.41) is 0. The molecule has 1 aromatic carbocycles. The minimum Gasteiger partial charge on any atom is -0.289 e. The fraction of sp³-hybridized carbons (Fsp3) is 0.333. The molecular formula is C15H16O2S. The van der Waals surface area contributed by atoms with E-state index in [-0.39, 0.29) is 11.6 Å². The largest absolute Gasteiger partial charge is 0.289 e. The number of hydrogen-bond acceptors (Lipinski definition) is 3. The predicted molar refractivity (Wildman–Crippen MR) is 75.3 cm³/mol. The van der Waals surface area contributed by atoms with Crippen molar-refractivity contribution in [3.8, 4) is 0 Å². The zero-order chi connectivity index (χ0) is 13.1. The number of fused-ring (bicyclic) bond motifs is 1. The number of benzene rings is 1. The number of hydrogen-bond donors (Lipinski definition) is 0. The maximum absolute atomic E-state index is 12.2. The van der Waals surface area contributed by atoms with E-state index >= 15 is 0 Å². The van der Waals surface area contributed by atoms with E-state index in [1.807, 2.05) is 13.0 Å². The van der Waals surface area contributed by atoms with Gasteiger partial charge in [-0.3, -0.25) is 9.59 Å². The highest BCUT2D eigenvalue weighted by Gasteiger charge is 2.25. The van der Waals surface area contributed by atoms with Crippen LogP contribution >= 0.6 is 11.8 Å². The summed E-state index contributed by atoms with van der Waals surface area (Å²) in [4.78, 5) is 24.8. The third kappa shape index (κ3) is 2.56. The predicted octanol–water partition coefficient (Wildman–Crippen LogP) is 3.79. The Morgan fingerprint density at radius 3 is 2.67 bits per heavy atom. The summed E-state index contributed by atoms with van der Waals surface area (Å²) >= 11 is 1.49. The molecule has 0 saturated heterocycles. The highest BCUT2D eigenvalue weighted by Crippen LogP contribution is 2.29. The van der Waals surface area contributed by atoms with Gasteiger partial charge in [-0.15, -0.1) is 11.8 Å². The van der Waals surface area contributed by atoms with Crippen molar-refractivity contribution in [3.63, 3.8) is 0 Å². The van der Waals surface area contributed by atoms with Gasteiger partial charge in [0.2, 0.25) is 0 Å². The average Bonchev–Trinajstić information content (AvgIpc) is 2.35. The minimum absolute atomic E-state index is 0.00861. The lowest BCUT2D eigenvalue weighted by molar-refractivity contribution is 0.0991. The van der Waals surface area contributed by atoms with E-state index in [2.05, 4.69) is 6.92 Å². The van der Waals surface area contributed by atoms with Crippen LogP contribution in [0, 0.1) is 6.92 Å². The molecule has 94 valence electrons. The molecule has 0 atom stereocenters. The number of thioether (sulfide) groups is 1. The van der Waals surface area contributed by atoms with Crippen LogP contribution in [0.4, 0.5) is 0 Å². The van der Waals surface area contributed by atoms with Crippen molar-refractivity contribution in [2.75, 3.05) is 5.75 Å². The summed E-state index contributed by atoms with van der Waals surface area (Å²) in [6.07, 6.45) is 3.65. The van der Waals surface area contributed by atoms with Crippen molar-refractivity contribution in [3.05, 3.63) is 45.9 Å². The Bertz CT molecular complexity index is 529. The first-order valence-electron chi connectivity index (χ1n) is 6.17. The van der Waals surface area contributed by atoms with E-state index in [0.717, 1.165) is 24.2 Å². The van der Waals surface area contributed by atoms with Gasteiger partial charge in [0.1, 0.15) is 0 Å². The number of allylic oxidation sites excluding steroid dienone is 2. The molecule has 0 N–H and O–H groups in total. The van der Waals surface area contributed by atoms with E-state index in [1.54, 1.807) is 12.1 Å². The molecule has 0 aromatic heterocycles. The second-order valence-electron chi connectivity index (χ2n) is 4.45. The molecule has 2 rings (SSSR count). The van der Waals surface area contributed by atoms with Crippen LogP contribution in [0.1, 0.15) is 46.0 Å². The van der Waals surface area contributed by atoms with E-state index < -0.39 is 0 Å². The molecule has 2 nitrogen and oxygen atoms in total. The zero-order valence-corrected chi connectivity index (χ0v) is 11.5. The van der Waals surface area contributed by atoms with Crippen molar-refractivity contribution in [2.45, 2.75) is 26.7 Å². The highest BCUT2D eigenvalue weighted by atomic mass is 32.2. The summed E-state index contributed by atoms with van der Waals surface area (Å²) in [6.45, 7) is 4.04. The van der Waals surface area contributed by atoms with Gasteiger partial charge in [0.25, 0.3) is 0 Å². The minimum atomic E-state index is -0.0488. The monoisotopic (exact) mass is 260 g/mol. The number of rotatable bonds is 4. The van der Waals surface area contributed by atoms with Gasteiger partial charge in [-0.05, 0) is 25.2 Å². The highest BCUT2D eigenvalue weighted by molar-refractivity contribution is 8.04. The molecule has 0 amide bonds. The molecule has 18 heavy (non-hydrogen) atoms. The lowest BCUT2D eigenvalue weighted by Gasteiger charge is -2.15. The van der Waals surface area contributed by atoms with Crippen molar-refractivity contribution >= 4 is 23.3 Å². The number of carbonyl (C=O) groups is 2. The summed E-state index contributed by atoms with van der Waals surface area (Å²) < 4.78 is 0. The lowest BCUT2D eigenvalue weighted by Crippen LogP contribution is -2.15. The van der Waals surface area contributed by atoms with Gasteiger partial charge < -0.3 is 0 Å². The molecule has 0 radical (unpaired) electrons. The van der Waals surface area contributed by atoms with Crippen LogP contribution < -0.4 is 0 Å². The first-order valence-corrected chi connectivity index (χ1v) is 7.16. The van der Waals surface area contributed by atoms with Gasteiger partial charge in [0.15, 0.2) is 11.6 Å². The Hall–Kier alpha value is -1.35. The molecule has 0 fully saturated rings. The van der Waals surface area contributed by atoms with E-state index in [0.29, 0.717) is 16.0 Å². The van der Waals surface area contributed by atoms with Crippen molar-refractivity contribution in [2.24, 2.45) is 0 Å². The second-order valence-corrected chi connectivity index (χ2v) is 5.59. The van der Waals surface area contributed by atoms with Gasteiger partial charge in [0.05, 0.1) is 4.91 Å². The third-order valence-corrected chi connectivity index (χ3v) is 4.03. The summed E-state index contributed by atoms with van der Waals surface area (Å²) in [7, 11) is 0. The normalized spacial score (nSPS) is 14.4. The van der Waals surface area contributed by atoms with Gasteiger partial charge in [-0.1, -0.05) is 31.0 Å². The average molecular weight is 260 g/mol. The molecule has 0 bridgehead atoms. The fourth-order valence-electron chi connectivity index (χ4n) is 1.89. The Balaban J connectivity index is 2.27. The Kier molecular flexibility index (Phi) is 4.02. The summed E-state index contributed by atoms with van der Waals surface area (Å²) in [6, 6.07) is 5.43. The Morgan fingerprint density at radius 1 is 1.17 bits per heavy atom. The van der Waals surface area contributed by atoms with E-state index in [9.17, 15) is 9.59 Å². The SMILES string of the molecule is CCCCSC1=CC(=O)c2cc(C)ccc2C1=O. The summed E-state index contributed by atoms with van der Waals surface area (Å²) in [5.74, 6) is 0.834. The Morgan fingerprint density at radius 2 is 1.94 bits per heavy atom. The number of ketones is 2. The number of carbonyl (C=O) groups excluding carboxylic acids is 2. The van der Waals surface area contributed by atoms with Gasteiger partial charge >= 0.3 is 0 Å².